The van der Waals surface area contributed by atoms with Gasteiger partial charge in [0.1, 0.15) is 6.54 Å². The van der Waals surface area contributed by atoms with E-state index in [-0.39, 0.29) is 29.6 Å². The standard InChI is InChI=1S/C21H22F3N5O2/c1-12-9-25-29(10-12)11-18(30)28-5-3-14(4-6-28)16-8-17-19(20(31)27-16)15(21(22,23)24)7-13(2)26-17/h7-10,14H,3-6,11H2,1-2H3,(H,27,31). The van der Waals surface area contributed by atoms with E-state index in [1.807, 2.05) is 6.92 Å². The van der Waals surface area contributed by atoms with Crippen molar-refractivity contribution >= 4 is 16.8 Å². The van der Waals surface area contributed by atoms with Crippen LogP contribution in [0.15, 0.2) is 29.3 Å². The predicted molar refractivity (Wildman–Crippen MR) is 108 cm³/mol. The number of nitrogens with zero attached hydrogens (tertiary/aromatic N) is 4. The summed E-state index contributed by atoms with van der Waals surface area (Å²) in [4.78, 5) is 33.6. The van der Waals surface area contributed by atoms with Crippen molar-refractivity contribution in [2.45, 2.75) is 45.3 Å². The van der Waals surface area contributed by atoms with Crippen LogP contribution in [-0.4, -0.2) is 43.6 Å². The average molecular weight is 433 g/mol. The number of hydrogen-bond donors (Lipinski definition) is 1. The molecule has 1 fully saturated rings. The van der Waals surface area contributed by atoms with E-state index in [4.69, 9.17) is 0 Å². The molecular formula is C21H22F3N5O2. The van der Waals surface area contributed by atoms with Crippen molar-refractivity contribution < 1.29 is 18.0 Å². The minimum Gasteiger partial charge on any atom is -0.341 e. The molecule has 1 saturated heterocycles. The molecule has 4 heterocycles. The Bertz CT molecular complexity index is 1190. The minimum absolute atomic E-state index is 0.0404. The Morgan fingerprint density at radius 1 is 1.23 bits per heavy atom. The minimum atomic E-state index is -4.64. The molecule has 1 aliphatic heterocycles. The predicted octanol–water partition coefficient (Wildman–Crippen LogP) is 3.16. The Balaban J connectivity index is 1.53. The van der Waals surface area contributed by atoms with Crippen LogP contribution in [0.3, 0.4) is 0 Å². The van der Waals surface area contributed by atoms with Crippen molar-refractivity contribution in [2.75, 3.05) is 13.1 Å². The lowest BCUT2D eigenvalue weighted by Crippen LogP contribution is -2.40. The summed E-state index contributed by atoms with van der Waals surface area (Å²) in [6, 6.07) is 2.43. The number of H-pyrrole nitrogens is 1. The van der Waals surface area contributed by atoms with Gasteiger partial charge in [0.05, 0.1) is 22.7 Å². The van der Waals surface area contributed by atoms with Gasteiger partial charge in [0.25, 0.3) is 5.56 Å². The first-order valence-corrected chi connectivity index (χ1v) is 10.0. The van der Waals surface area contributed by atoms with Gasteiger partial charge in [0.15, 0.2) is 0 Å². The van der Waals surface area contributed by atoms with Gasteiger partial charge in [-0.05, 0) is 44.4 Å². The second-order valence-corrected chi connectivity index (χ2v) is 7.99. The van der Waals surface area contributed by atoms with Crippen LogP contribution in [-0.2, 0) is 17.5 Å². The third-order valence-electron chi connectivity index (χ3n) is 5.61. The molecule has 3 aromatic rings. The summed E-state index contributed by atoms with van der Waals surface area (Å²) in [7, 11) is 0. The number of aryl methyl sites for hydroxylation is 2. The van der Waals surface area contributed by atoms with Crippen LogP contribution in [0.1, 0.15) is 41.3 Å². The van der Waals surface area contributed by atoms with Crippen LogP contribution in [0.25, 0.3) is 10.9 Å². The zero-order valence-electron chi connectivity index (χ0n) is 17.2. The number of aromatic amines is 1. The molecule has 0 unspecified atom stereocenters. The number of amides is 1. The molecule has 1 amide bonds. The molecule has 1 aliphatic rings. The van der Waals surface area contributed by atoms with E-state index < -0.39 is 22.7 Å². The van der Waals surface area contributed by atoms with Crippen LogP contribution in [0.5, 0.6) is 0 Å². The van der Waals surface area contributed by atoms with Gasteiger partial charge in [0.2, 0.25) is 5.91 Å². The van der Waals surface area contributed by atoms with Crippen molar-refractivity contribution in [3.05, 3.63) is 57.4 Å². The van der Waals surface area contributed by atoms with Gasteiger partial charge in [-0.3, -0.25) is 19.3 Å². The maximum atomic E-state index is 13.4. The molecule has 7 nitrogen and oxygen atoms in total. The monoisotopic (exact) mass is 433 g/mol. The number of rotatable bonds is 3. The van der Waals surface area contributed by atoms with Gasteiger partial charge >= 0.3 is 6.18 Å². The fourth-order valence-corrected chi connectivity index (χ4v) is 4.09. The molecular weight excluding hydrogens is 411 g/mol. The third kappa shape index (κ3) is 4.33. The number of piperidine rings is 1. The first kappa shape index (κ1) is 21.1. The largest absolute Gasteiger partial charge is 0.417 e. The molecule has 0 spiro atoms. The highest BCUT2D eigenvalue weighted by Gasteiger charge is 2.35. The normalized spacial score (nSPS) is 15.6. The molecule has 0 bridgehead atoms. The smallest absolute Gasteiger partial charge is 0.341 e. The molecule has 0 aromatic carbocycles. The van der Waals surface area contributed by atoms with Crippen LogP contribution in [0, 0.1) is 13.8 Å². The van der Waals surface area contributed by atoms with E-state index in [1.165, 1.54) is 13.0 Å². The molecule has 3 aromatic heterocycles. The summed E-state index contributed by atoms with van der Waals surface area (Å²) in [5.74, 6) is -0.106. The number of fused-ring (bicyclic) bond motifs is 1. The maximum absolute atomic E-state index is 13.4. The second kappa shape index (κ2) is 7.82. The Labute approximate surface area is 175 Å². The van der Waals surface area contributed by atoms with E-state index >= 15 is 0 Å². The number of hydrogen-bond acceptors (Lipinski definition) is 4. The Morgan fingerprint density at radius 3 is 2.55 bits per heavy atom. The molecule has 1 N–H and O–H groups in total. The Hall–Kier alpha value is -3.17. The molecule has 0 radical (unpaired) electrons. The van der Waals surface area contributed by atoms with Crippen LogP contribution >= 0.6 is 0 Å². The maximum Gasteiger partial charge on any atom is 0.417 e. The molecule has 10 heteroatoms. The number of likely N-dealkylation sites (tertiary alicyclic amines) is 1. The van der Waals surface area contributed by atoms with Gasteiger partial charge in [-0.2, -0.15) is 18.3 Å². The number of pyridine rings is 2. The number of halogens is 3. The van der Waals surface area contributed by atoms with E-state index in [0.717, 1.165) is 11.6 Å². The fourth-order valence-electron chi connectivity index (χ4n) is 4.09. The lowest BCUT2D eigenvalue weighted by molar-refractivity contribution is -0.136. The number of alkyl halides is 3. The summed E-state index contributed by atoms with van der Waals surface area (Å²) in [6.45, 7) is 4.53. The fraction of sp³-hybridized carbons (Fsp3) is 0.429. The lowest BCUT2D eigenvalue weighted by Gasteiger charge is -2.32. The molecule has 0 atom stereocenters. The second-order valence-electron chi connectivity index (χ2n) is 7.99. The Morgan fingerprint density at radius 2 is 1.94 bits per heavy atom. The zero-order valence-corrected chi connectivity index (χ0v) is 17.2. The number of nitrogens with one attached hydrogen (secondary N) is 1. The molecule has 164 valence electrons. The topological polar surface area (TPSA) is 83.9 Å². The quantitative estimate of drug-likeness (QED) is 0.688. The SMILES string of the molecule is Cc1cnn(CC(=O)N2CCC(c3cc4nc(C)cc(C(F)(F)F)c4c(=O)[nH]3)CC2)c1. The van der Waals surface area contributed by atoms with Crippen LogP contribution < -0.4 is 5.56 Å². The molecule has 4 rings (SSSR count). The van der Waals surface area contributed by atoms with E-state index in [0.29, 0.717) is 31.6 Å². The van der Waals surface area contributed by atoms with Gasteiger partial charge in [0, 0.05) is 36.6 Å². The first-order valence-electron chi connectivity index (χ1n) is 10.0. The number of carbonyl (C=O) groups excluding carboxylic acids is 1. The highest BCUT2D eigenvalue weighted by atomic mass is 19.4. The van der Waals surface area contributed by atoms with E-state index in [2.05, 4.69) is 15.1 Å². The van der Waals surface area contributed by atoms with E-state index in [9.17, 15) is 22.8 Å². The van der Waals surface area contributed by atoms with Crippen LogP contribution in [0.2, 0.25) is 0 Å². The third-order valence-corrected chi connectivity index (χ3v) is 5.61. The van der Waals surface area contributed by atoms with Gasteiger partial charge in [-0.1, -0.05) is 0 Å². The number of carbonyl (C=O) groups is 1. The van der Waals surface area contributed by atoms with Gasteiger partial charge in [-0.25, -0.2) is 0 Å². The molecule has 31 heavy (non-hydrogen) atoms. The van der Waals surface area contributed by atoms with Crippen molar-refractivity contribution in [1.82, 2.24) is 24.6 Å². The van der Waals surface area contributed by atoms with Crippen molar-refractivity contribution in [3.8, 4) is 0 Å². The van der Waals surface area contributed by atoms with Gasteiger partial charge in [-0.15, -0.1) is 0 Å². The van der Waals surface area contributed by atoms with Crippen molar-refractivity contribution in [2.24, 2.45) is 0 Å². The highest BCUT2D eigenvalue weighted by molar-refractivity contribution is 5.82. The summed E-state index contributed by atoms with van der Waals surface area (Å²) in [6.07, 6.45) is 0.0516. The van der Waals surface area contributed by atoms with Gasteiger partial charge < -0.3 is 9.88 Å². The molecule has 0 saturated carbocycles. The lowest BCUT2D eigenvalue weighted by atomic mass is 9.92. The summed E-state index contributed by atoms with van der Waals surface area (Å²) in [5.41, 5.74) is 0.00376. The summed E-state index contributed by atoms with van der Waals surface area (Å²) in [5, 5.41) is 3.68. The number of aromatic nitrogens is 4. The first-order chi connectivity index (χ1) is 14.6. The Kier molecular flexibility index (Phi) is 5.32. The van der Waals surface area contributed by atoms with Crippen LogP contribution in [0.4, 0.5) is 13.2 Å². The molecule has 0 aliphatic carbocycles. The zero-order chi connectivity index (χ0) is 22.3. The van der Waals surface area contributed by atoms with E-state index in [1.54, 1.807) is 22.0 Å². The highest BCUT2D eigenvalue weighted by Crippen LogP contribution is 2.34. The van der Waals surface area contributed by atoms with Crippen molar-refractivity contribution in [1.29, 1.82) is 0 Å². The average Bonchev–Trinajstić information content (AvgIpc) is 3.11. The summed E-state index contributed by atoms with van der Waals surface area (Å²) < 4.78 is 41.7. The summed E-state index contributed by atoms with van der Waals surface area (Å²) >= 11 is 0. The van der Waals surface area contributed by atoms with Crippen molar-refractivity contribution in [3.63, 3.8) is 0 Å².